The largest absolute Gasteiger partial charge is 0.417 e. The topological polar surface area (TPSA) is 57.4 Å². The number of alkyl halides is 15. The molecule has 0 amide bonds. The van der Waals surface area contributed by atoms with Gasteiger partial charge in [-0.15, -0.1) is 0 Å². The number of fused-ring (bicyclic) bond motifs is 6. The summed E-state index contributed by atoms with van der Waals surface area (Å²) in [5.74, 6) is 0. The van der Waals surface area contributed by atoms with E-state index in [-0.39, 0.29) is 56.7 Å². The number of aromatic nitrogens is 2. The van der Waals surface area contributed by atoms with Gasteiger partial charge in [0.25, 0.3) is 0 Å². The smallest absolute Gasteiger partial charge is 0.307 e. The monoisotopic (exact) mass is 1030 g/mol. The van der Waals surface area contributed by atoms with Gasteiger partial charge in [0.2, 0.25) is 0 Å². The van der Waals surface area contributed by atoms with Crippen molar-refractivity contribution in [2.45, 2.75) is 30.9 Å². The lowest BCUT2D eigenvalue weighted by molar-refractivity contribution is -0.144. The Kier molecular flexibility index (Phi) is 11.2. The second kappa shape index (κ2) is 16.9. The molecule has 19 heteroatoms. The number of hydrogen-bond acceptors (Lipinski definition) is 2. The number of rotatable bonds is 5. The fraction of sp³-hybridized carbons (Fsp3) is 0.0909. The van der Waals surface area contributed by atoms with Gasteiger partial charge in [0.05, 0.1) is 84.5 Å². The number of nitriles is 2. The van der Waals surface area contributed by atoms with Gasteiger partial charge in [0, 0.05) is 32.7 Å². The average Bonchev–Trinajstić information content (AvgIpc) is 3.86. The molecule has 10 rings (SSSR count). The maximum absolute atomic E-state index is 15.0. The van der Waals surface area contributed by atoms with Crippen molar-refractivity contribution in [2.24, 2.45) is 0 Å². The van der Waals surface area contributed by atoms with Gasteiger partial charge < -0.3 is 9.13 Å². The van der Waals surface area contributed by atoms with Gasteiger partial charge >= 0.3 is 30.9 Å². The van der Waals surface area contributed by atoms with Crippen LogP contribution in [0.3, 0.4) is 0 Å². The fourth-order valence-corrected chi connectivity index (χ4v) is 9.47. The van der Waals surface area contributed by atoms with E-state index in [2.05, 4.69) is 0 Å². The van der Waals surface area contributed by atoms with E-state index in [0.717, 1.165) is 18.2 Å². The highest BCUT2D eigenvalue weighted by Crippen LogP contribution is 2.47. The van der Waals surface area contributed by atoms with Crippen molar-refractivity contribution >= 4 is 43.6 Å². The Morgan fingerprint density at radius 3 is 1.11 bits per heavy atom. The summed E-state index contributed by atoms with van der Waals surface area (Å²) in [4.78, 5) is 0. The molecule has 2 aromatic heterocycles. The van der Waals surface area contributed by atoms with E-state index in [1.165, 1.54) is 51.6 Å². The number of benzene rings is 8. The predicted molar refractivity (Wildman–Crippen MR) is 246 cm³/mol. The van der Waals surface area contributed by atoms with Crippen molar-refractivity contribution in [1.82, 2.24) is 9.13 Å². The molecule has 0 fully saturated rings. The summed E-state index contributed by atoms with van der Waals surface area (Å²) in [5.41, 5.74) is -10.8. The van der Waals surface area contributed by atoms with Crippen LogP contribution in [0.15, 0.2) is 152 Å². The van der Waals surface area contributed by atoms with Crippen LogP contribution in [0.4, 0.5) is 65.9 Å². The molecule has 4 nitrogen and oxygen atoms in total. The Balaban J connectivity index is 1.37. The van der Waals surface area contributed by atoms with Crippen LogP contribution in [0.2, 0.25) is 0 Å². The van der Waals surface area contributed by atoms with Crippen LogP contribution >= 0.6 is 0 Å². The molecule has 370 valence electrons. The molecule has 0 atom stereocenters. The molecule has 0 radical (unpaired) electrons. The predicted octanol–water partition coefficient (Wildman–Crippen LogP) is 17.7. The molecule has 0 saturated heterocycles. The zero-order chi connectivity index (χ0) is 53.0. The van der Waals surface area contributed by atoms with E-state index < -0.39 is 92.1 Å². The standard InChI is InChI=1S/C55H25F15N4/c56-51(57,58)34-16-31(17-35(23-34)52(59,60)61)28-12-14-40-38-7-1-3-10-44(38)73(46(40)20-28)48-22-33(27-72)42(50-30(26-71)6-5-9-43(50)55(68,69)70)25-49(48)74-45-11-4-2-8-39(45)41-15-13-29(21-47(41)74)32-18-36(53(62,63)64)24-37(19-32)54(65,66)67/h1-25H. The molecule has 0 aliphatic rings. The third kappa shape index (κ3) is 8.37. The lowest BCUT2D eigenvalue weighted by Gasteiger charge is -2.21. The second-order valence-corrected chi connectivity index (χ2v) is 17.1. The summed E-state index contributed by atoms with van der Waals surface area (Å²) in [6.07, 6.45) is -26.0. The first-order chi connectivity index (χ1) is 34.8. The van der Waals surface area contributed by atoms with Crippen LogP contribution < -0.4 is 0 Å². The lowest BCUT2D eigenvalue weighted by atomic mass is 9.90. The normalized spacial score (nSPS) is 12.8. The zero-order valence-electron chi connectivity index (χ0n) is 36.9. The van der Waals surface area contributed by atoms with Gasteiger partial charge in [-0.3, -0.25) is 0 Å². The molecule has 74 heavy (non-hydrogen) atoms. The van der Waals surface area contributed by atoms with Crippen molar-refractivity contribution in [3.8, 4) is 56.9 Å². The van der Waals surface area contributed by atoms with Crippen molar-refractivity contribution in [3.63, 3.8) is 0 Å². The highest BCUT2D eigenvalue weighted by atomic mass is 19.4. The Labute approximate surface area is 406 Å². The highest BCUT2D eigenvalue weighted by molar-refractivity contribution is 6.13. The molecule has 0 spiro atoms. The molecule has 0 bridgehead atoms. The minimum atomic E-state index is -5.23. The van der Waals surface area contributed by atoms with Crippen LogP contribution in [0, 0.1) is 22.7 Å². The maximum Gasteiger partial charge on any atom is 0.417 e. The third-order valence-electron chi connectivity index (χ3n) is 12.7. The van der Waals surface area contributed by atoms with Gasteiger partial charge in [0.1, 0.15) is 0 Å². The summed E-state index contributed by atoms with van der Waals surface area (Å²) in [6.45, 7) is 0. The van der Waals surface area contributed by atoms with Crippen LogP contribution in [0.5, 0.6) is 0 Å². The number of halogens is 15. The first kappa shape index (κ1) is 48.9. The Hall–Kier alpha value is -8.71. The molecule has 8 aromatic carbocycles. The Morgan fingerprint density at radius 2 is 0.716 bits per heavy atom. The summed E-state index contributed by atoms with van der Waals surface area (Å²) in [5, 5.41) is 22.7. The van der Waals surface area contributed by atoms with Crippen LogP contribution in [0.1, 0.15) is 38.9 Å². The molecule has 0 aliphatic carbocycles. The van der Waals surface area contributed by atoms with Crippen LogP contribution in [0.25, 0.3) is 88.4 Å². The van der Waals surface area contributed by atoms with Gasteiger partial charge in [-0.2, -0.15) is 76.4 Å². The van der Waals surface area contributed by atoms with E-state index in [1.54, 1.807) is 54.6 Å². The summed E-state index contributed by atoms with van der Waals surface area (Å²) in [7, 11) is 0. The van der Waals surface area contributed by atoms with Crippen molar-refractivity contribution in [3.05, 3.63) is 191 Å². The van der Waals surface area contributed by atoms with Crippen molar-refractivity contribution < 1.29 is 65.9 Å². The van der Waals surface area contributed by atoms with Crippen LogP contribution in [-0.4, -0.2) is 9.13 Å². The number of hydrogen-bond donors (Lipinski definition) is 0. The molecule has 0 N–H and O–H groups in total. The molecular weight excluding hydrogens is 1000 g/mol. The van der Waals surface area contributed by atoms with E-state index in [4.69, 9.17) is 0 Å². The van der Waals surface area contributed by atoms with Gasteiger partial charge in [0.15, 0.2) is 0 Å². The fourth-order valence-electron chi connectivity index (χ4n) is 9.47. The van der Waals surface area contributed by atoms with Gasteiger partial charge in [-0.1, -0.05) is 66.7 Å². The Bertz CT molecular complexity index is 3970. The molecular formula is C55H25F15N4. The third-order valence-corrected chi connectivity index (χ3v) is 12.7. The van der Waals surface area contributed by atoms with Crippen LogP contribution in [-0.2, 0) is 30.9 Å². The molecule has 2 heterocycles. The maximum atomic E-state index is 15.0. The van der Waals surface area contributed by atoms with Crippen molar-refractivity contribution in [2.75, 3.05) is 0 Å². The molecule has 0 unspecified atom stereocenters. The first-order valence-corrected chi connectivity index (χ1v) is 21.6. The minimum absolute atomic E-state index is 0.0374. The minimum Gasteiger partial charge on any atom is -0.307 e. The van der Waals surface area contributed by atoms with Gasteiger partial charge in [-0.05, 0) is 107 Å². The number of nitrogens with zero attached hydrogens (tertiary/aromatic N) is 4. The molecule has 0 aliphatic heterocycles. The SMILES string of the molecule is N#Cc1cc(-n2c3ccccc3c3ccc(-c4cc(C(F)(F)F)cc(C(F)(F)F)c4)cc32)c(-n2c3ccccc3c3ccc(-c4cc(C(F)(F)F)cc(C(F)(F)F)c4)cc32)cc1-c1c(C#N)cccc1C(F)(F)F. The molecule has 0 saturated carbocycles. The number of para-hydroxylation sites is 2. The summed E-state index contributed by atoms with van der Waals surface area (Å²) in [6, 6.07) is 31.5. The summed E-state index contributed by atoms with van der Waals surface area (Å²) >= 11 is 0. The first-order valence-electron chi connectivity index (χ1n) is 21.6. The average molecular weight is 1030 g/mol. The molecule has 10 aromatic rings. The van der Waals surface area contributed by atoms with Crippen molar-refractivity contribution in [1.29, 1.82) is 10.5 Å². The lowest BCUT2D eigenvalue weighted by Crippen LogP contribution is -2.11. The quantitative estimate of drug-likeness (QED) is 0.161. The van der Waals surface area contributed by atoms with Gasteiger partial charge in [-0.25, -0.2) is 0 Å². The van der Waals surface area contributed by atoms with E-state index >= 15 is 13.2 Å². The zero-order valence-corrected chi connectivity index (χ0v) is 36.9. The van der Waals surface area contributed by atoms with E-state index in [1.807, 2.05) is 6.07 Å². The summed E-state index contributed by atoms with van der Waals surface area (Å²) < 4.78 is 218. The highest BCUT2D eigenvalue weighted by Gasteiger charge is 2.40. The Morgan fingerprint density at radius 1 is 0.324 bits per heavy atom. The van der Waals surface area contributed by atoms with E-state index in [9.17, 15) is 63.2 Å². The second-order valence-electron chi connectivity index (χ2n) is 17.1. The van der Waals surface area contributed by atoms with E-state index in [0.29, 0.717) is 51.9 Å².